The Morgan fingerprint density at radius 3 is 2.18 bits per heavy atom. The van der Waals surface area contributed by atoms with E-state index >= 15 is 0 Å². The monoisotopic (exact) mass is 443 g/mol. The number of hydrogen-bond donors (Lipinski definition) is 1. The van der Waals surface area contributed by atoms with Crippen molar-refractivity contribution in [1.29, 1.82) is 0 Å². The fourth-order valence-corrected chi connectivity index (χ4v) is 3.82. The van der Waals surface area contributed by atoms with Crippen molar-refractivity contribution in [3.8, 4) is 23.1 Å². The molecule has 2 N–H and O–H groups in total. The molecule has 0 atom stereocenters. The Kier molecular flexibility index (Phi) is 6.69. The molecule has 0 spiro atoms. The number of pyridine rings is 1. The number of nitrogens with zero attached hydrogens (tertiary/aromatic N) is 2. The SMILES string of the molecule is C=CC(=O)N1CCC(c2cnc(Oc3ccc(Oc4ccccc4)cc3)c(C(N)=O)c2)CC1. The Labute approximate surface area is 192 Å². The Morgan fingerprint density at radius 1 is 0.970 bits per heavy atom. The fraction of sp³-hybridized carbons (Fsp3) is 0.192. The van der Waals surface area contributed by atoms with Crippen LogP contribution < -0.4 is 15.2 Å². The molecule has 1 aromatic heterocycles. The summed E-state index contributed by atoms with van der Waals surface area (Å²) in [5, 5.41) is 0. The van der Waals surface area contributed by atoms with E-state index < -0.39 is 5.91 Å². The molecule has 33 heavy (non-hydrogen) atoms. The lowest BCUT2D eigenvalue weighted by atomic mass is 9.89. The summed E-state index contributed by atoms with van der Waals surface area (Å²) in [5.41, 5.74) is 6.75. The van der Waals surface area contributed by atoms with Crippen LogP contribution in [0.2, 0.25) is 0 Å². The van der Waals surface area contributed by atoms with E-state index in [1.54, 1.807) is 41.4 Å². The first kappa shape index (κ1) is 22.1. The lowest BCUT2D eigenvalue weighted by Gasteiger charge is -2.31. The Bertz CT molecular complexity index is 1140. The third-order valence-electron chi connectivity index (χ3n) is 5.61. The van der Waals surface area contributed by atoms with E-state index in [1.807, 2.05) is 30.3 Å². The lowest BCUT2D eigenvalue weighted by Crippen LogP contribution is -2.36. The molecule has 2 heterocycles. The molecular weight excluding hydrogens is 418 g/mol. The zero-order valence-electron chi connectivity index (χ0n) is 18.1. The molecule has 1 saturated heterocycles. The van der Waals surface area contributed by atoms with Gasteiger partial charge in [-0.25, -0.2) is 4.98 Å². The van der Waals surface area contributed by atoms with Gasteiger partial charge in [0, 0.05) is 19.3 Å². The number of rotatable bonds is 7. The van der Waals surface area contributed by atoms with Gasteiger partial charge in [-0.2, -0.15) is 0 Å². The molecular formula is C26H25N3O4. The number of ether oxygens (including phenoxy) is 2. The minimum absolute atomic E-state index is 0.0617. The number of carbonyl (C=O) groups excluding carboxylic acids is 2. The number of carbonyl (C=O) groups is 2. The number of amides is 2. The number of nitrogens with two attached hydrogens (primary N) is 1. The number of benzene rings is 2. The number of primary amides is 1. The third kappa shape index (κ3) is 5.38. The molecule has 7 heteroatoms. The second-order valence-corrected chi connectivity index (χ2v) is 7.78. The van der Waals surface area contributed by atoms with Crippen molar-refractivity contribution < 1.29 is 19.1 Å². The van der Waals surface area contributed by atoms with Crippen molar-refractivity contribution >= 4 is 11.8 Å². The topological polar surface area (TPSA) is 94.8 Å². The van der Waals surface area contributed by atoms with Crippen molar-refractivity contribution in [2.45, 2.75) is 18.8 Å². The van der Waals surface area contributed by atoms with Crippen molar-refractivity contribution in [1.82, 2.24) is 9.88 Å². The van der Waals surface area contributed by atoms with E-state index in [9.17, 15) is 9.59 Å². The van der Waals surface area contributed by atoms with Gasteiger partial charge in [0.05, 0.1) is 0 Å². The summed E-state index contributed by atoms with van der Waals surface area (Å²) in [4.78, 5) is 30.0. The van der Waals surface area contributed by atoms with Crippen LogP contribution in [0.25, 0.3) is 0 Å². The van der Waals surface area contributed by atoms with Crippen LogP contribution in [0, 0.1) is 0 Å². The number of hydrogen-bond acceptors (Lipinski definition) is 5. The van der Waals surface area contributed by atoms with Crippen LogP contribution in [0.1, 0.15) is 34.7 Å². The summed E-state index contributed by atoms with van der Waals surface area (Å²) in [6.07, 6.45) is 4.61. The van der Waals surface area contributed by atoms with Gasteiger partial charge in [-0.05, 0) is 72.9 Å². The van der Waals surface area contributed by atoms with Crippen molar-refractivity contribution in [3.05, 3.63) is 90.6 Å². The van der Waals surface area contributed by atoms with Crippen LogP contribution in [-0.2, 0) is 4.79 Å². The van der Waals surface area contributed by atoms with Crippen molar-refractivity contribution in [3.63, 3.8) is 0 Å². The van der Waals surface area contributed by atoms with Crippen LogP contribution in [0.3, 0.4) is 0 Å². The summed E-state index contributed by atoms with van der Waals surface area (Å²) in [6, 6.07) is 18.2. The molecule has 0 saturated carbocycles. The Morgan fingerprint density at radius 2 is 1.58 bits per heavy atom. The van der Waals surface area contributed by atoms with E-state index in [-0.39, 0.29) is 23.3 Å². The molecule has 1 fully saturated rings. The summed E-state index contributed by atoms with van der Waals surface area (Å²) in [7, 11) is 0. The van der Waals surface area contributed by atoms with E-state index in [2.05, 4.69) is 11.6 Å². The van der Waals surface area contributed by atoms with Gasteiger partial charge in [-0.3, -0.25) is 9.59 Å². The quantitative estimate of drug-likeness (QED) is 0.536. The highest BCUT2D eigenvalue weighted by Crippen LogP contribution is 2.32. The fourth-order valence-electron chi connectivity index (χ4n) is 3.82. The largest absolute Gasteiger partial charge is 0.457 e. The zero-order chi connectivity index (χ0) is 23.2. The van der Waals surface area contributed by atoms with Crippen LogP contribution in [0.4, 0.5) is 0 Å². The highest BCUT2D eigenvalue weighted by atomic mass is 16.5. The first-order chi connectivity index (χ1) is 16.0. The van der Waals surface area contributed by atoms with Gasteiger partial charge in [-0.15, -0.1) is 0 Å². The molecule has 2 amide bonds. The summed E-state index contributed by atoms with van der Waals surface area (Å²) in [6.45, 7) is 4.81. The Hall–Kier alpha value is -4.13. The van der Waals surface area contributed by atoms with Gasteiger partial charge >= 0.3 is 0 Å². The molecule has 4 rings (SSSR count). The van der Waals surface area contributed by atoms with Gasteiger partial charge in [0.2, 0.25) is 11.8 Å². The van der Waals surface area contributed by atoms with Gasteiger partial charge < -0.3 is 20.1 Å². The highest BCUT2D eigenvalue weighted by molar-refractivity contribution is 5.95. The minimum Gasteiger partial charge on any atom is -0.457 e. The van der Waals surface area contributed by atoms with Gasteiger partial charge in [0.1, 0.15) is 22.8 Å². The molecule has 7 nitrogen and oxygen atoms in total. The maximum atomic E-state index is 12.1. The number of aromatic nitrogens is 1. The normalized spacial score (nSPS) is 13.9. The average Bonchev–Trinajstić information content (AvgIpc) is 2.85. The third-order valence-corrected chi connectivity index (χ3v) is 5.61. The second-order valence-electron chi connectivity index (χ2n) is 7.78. The molecule has 1 aliphatic rings. The van der Waals surface area contributed by atoms with Crippen molar-refractivity contribution in [2.75, 3.05) is 13.1 Å². The van der Waals surface area contributed by atoms with Crippen LogP contribution in [0.5, 0.6) is 23.1 Å². The molecule has 0 bridgehead atoms. The first-order valence-electron chi connectivity index (χ1n) is 10.8. The molecule has 0 radical (unpaired) electrons. The standard InChI is InChI=1S/C26H25N3O4/c1-2-24(30)29-14-12-18(13-15-29)19-16-23(25(27)31)26(28-17-19)33-22-10-8-21(9-11-22)32-20-6-4-3-5-7-20/h2-11,16-18H,1,12-15H2,(H2,27,31). The average molecular weight is 444 g/mol. The van der Waals surface area contributed by atoms with E-state index in [0.29, 0.717) is 24.6 Å². The predicted molar refractivity (Wildman–Crippen MR) is 125 cm³/mol. The smallest absolute Gasteiger partial charge is 0.254 e. The van der Waals surface area contributed by atoms with Crippen LogP contribution in [-0.4, -0.2) is 34.8 Å². The summed E-state index contributed by atoms with van der Waals surface area (Å²) < 4.78 is 11.6. The van der Waals surface area contributed by atoms with E-state index in [1.165, 1.54) is 6.08 Å². The van der Waals surface area contributed by atoms with Gasteiger partial charge in [-0.1, -0.05) is 24.8 Å². The Balaban J connectivity index is 1.45. The summed E-state index contributed by atoms with van der Waals surface area (Å²) >= 11 is 0. The maximum Gasteiger partial charge on any atom is 0.254 e. The second kappa shape index (κ2) is 9.99. The predicted octanol–water partition coefficient (Wildman–Crippen LogP) is 4.66. The van der Waals surface area contributed by atoms with E-state index in [4.69, 9.17) is 15.2 Å². The molecule has 3 aromatic rings. The minimum atomic E-state index is -0.609. The molecule has 2 aromatic carbocycles. The van der Waals surface area contributed by atoms with Gasteiger partial charge in [0.25, 0.3) is 5.91 Å². The number of likely N-dealkylation sites (tertiary alicyclic amines) is 1. The number of piperidine rings is 1. The lowest BCUT2D eigenvalue weighted by molar-refractivity contribution is -0.127. The van der Waals surface area contributed by atoms with Gasteiger partial charge in [0.15, 0.2) is 0 Å². The zero-order valence-corrected chi connectivity index (χ0v) is 18.1. The molecule has 168 valence electrons. The van der Waals surface area contributed by atoms with Crippen LogP contribution >= 0.6 is 0 Å². The molecule has 1 aliphatic heterocycles. The molecule has 0 unspecified atom stereocenters. The van der Waals surface area contributed by atoms with Crippen LogP contribution in [0.15, 0.2) is 79.5 Å². The summed E-state index contributed by atoms with van der Waals surface area (Å²) in [5.74, 6) is 1.58. The van der Waals surface area contributed by atoms with Crippen molar-refractivity contribution in [2.24, 2.45) is 5.73 Å². The maximum absolute atomic E-state index is 12.1. The molecule has 0 aliphatic carbocycles. The number of para-hydroxylation sites is 1. The van der Waals surface area contributed by atoms with E-state index in [0.717, 1.165) is 24.2 Å². The first-order valence-corrected chi connectivity index (χ1v) is 10.8. The highest BCUT2D eigenvalue weighted by Gasteiger charge is 2.24.